The Morgan fingerprint density at radius 2 is 2.26 bits per heavy atom. The molecule has 0 saturated carbocycles. The number of hydrogen-bond donors (Lipinski definition) is 3. The summed E-state index contributed by atoms with van der Waals surface area (Å²) in [6, 6.07) is 3.31. The molecule has 0 spiro atoms. The number of imidazole rings is 1. The van der Waals surface area contributed by atoms with Crippen molar-refractivity contribution in [1.82, 2.24) is 9.97 Å². The summed E-state index contributed by atoms with van der Waals surface area (Å²) in [4.78, 5) is 19.8. The van der Waals surface area contributed by atoms with Gasteiger partial charge in [0.2, 0.25) is 5.91 Å². The van der Waals surface area contributed by atoms with E-state index in [1.54, 1.807) is 12.3 Å². The molecule has 1 aliphatic heterocycles. The lowest BCUT2D eigenvalue weighted by atomic mass is 9.88. The van der Waals surface area contributed by atoms with Gasteiger partial charge in [0.15, 0.2) is 11.5 Å². The Labute approximate surface area is 134 Å². The van der Waals surface area contributed by atoms with Crippen LogP contribution in [0.5, 0.6) is 11.5 Å². The number of methoxy groups -OCH3 is 1. The van der Waals surface area contributed by atoms with Crippen molar-refractivity contribution < 1.29 is 14.6 Å². The van der Waals surface area contributed by atoms with Crippen LogP contribution in [0.15, 0.2) is 18.3 Å². The lowest BCUT2D eigenvalue weighted by Gasteiger charge is -2.25. The number of amides is 1. The van der Waals surface area contributed by atoms with Gasteiger partial charge in [0.1, 0.15) is 5.82 Å². The molecule has 1 aromatic heterocycles. The monoisotopic (exact) mass is 315 g/mol. The highest BCUT2D eigenvalue weighted by Gasteiger charge is 2.29. The molecule has 1 atom stereocenters. The number of hydrogen-bond acceptors (Lipinski definition) is 4. The number of aromatic hydroxyl groups is 1. The zero-order valence-electron chi connectivity index (χ0n) is 13.3. The Bertz CT molecular complexity index is 724. The number of H-pyrrole nitrogens is 1. The van der Waals surface area contributed by atoms with Crippen LogP contribution in [0.3, 0.4) is 0 Å². The van der Waals surface area contributed by atoms with Gasteiger partial charge >= 0.3 is 0 Å². The number of benzene rings is 1. The summed E-state index contributed by atoms with van der Waals surface area (Å²) in [6.07, 6.45) is 5.24. The first-order chi connectivity index (χ1) is 11.1. The molecule has 0 saturated heterocycles. The maximum Gasteiger partial charge on any atom is 0.225 e. The van der Waals surface area contributed by atoms with Crippen molar-refractivity contribution in [2.24, 2.45) is 0 Å². The van der Waals surface area contributed by atoms with Crippen LogP contribution in [-0.4, -0.2) is 28.1 Å². The zero-order valence-corrected chi connectivity index (χ0v) is 13.3. The van der Waals surface area contributed by atoms with Gasteiger partial charge in [-0.25, -0.2) is 4.98 Å². The minimum Gasteiger partial charge on any atom is -0.504 e. The lowest BCUT2D eigenvalue weighted by Crippen LogP contribution is -2.23. The van der Waals surface area contributed by atoms with Crippen LogP contribution in [-0.2, 0) is 11.2 Å². The maximum absolute atomic E-state index is 12.0. The maximum atomic E-state index is 12.0. The first-order valence-corrected chi connectivity index (χ1v) is 7.87. The summed E-state index contributed by atoms with van der Waals surface area (Å²) in [5.74, 6) is 1.17. The highest BCUT2D eigenvalue weighted by atomic mass is 16.5. The number of nitrogens with zero attached hydrogens (tertiary/aromatic N) is 1. The molecule has 2 aromatic rings. The van der Waals surface area contributed by atoms with Gasteiger partial charge < -0.3 is 20.1 Å². The lowest BCUT2D eigenvalue weighted by molar-refractivity contribution is -0.116. The Morgan fingerprint density at radius 1 is 1.43 bits per heavy atom. The highest BCUT2D eigenvalue weighted by molar-refractivity contribution is 5.95. The van der Waals surface area contributed by atoms with Gasteiger partial charge in [-0.2, -0.15) is 0 Å². The highest BCUT2D eigenvalue weighted by Crippen LogP contribution is 2.42. The number of carbonyl (C=O) groups excluding carboxylic acids is 1. The van der Waals surface area contributed by atoms with Gasteiger partial charge in [0.05, 0.1) is 7.11 Å². The number of carbonyl (C=O) groups is 1. The molecule has 0 aliphatic carbocycles. The number of phenolic OH excluding ortho intramolecular Hbond substituents is 1. The van der Waals surface area contributed by atoms with Crippen molar-refractivity contribution in [2.45, 2.75) is 38.5 Å². The molecule has 6 heteroatoms. The van der Waals surface area contributed by atoms with E-state index < -0.39 is 0 Å². The van der Waals surface area contributed by atoms with E-state index in [1.165, 1.54) is 13.2 Å². The molecule has 122 valence electrons. The molecule has 6 nitrogen and oxygen atoms in total. The van der Waals surface area contributed by atoms with E-state index in [0.29, 0.717) is 17.9 Å². The minimum atomic E-state index is -0.115. The van der Waals surface area contributed by atoms with Crippen molar-refractivity contribution in [1.29, 1.82) is 0 Å². The number of anilines is 1. The number of phenols is 1. The molecular formula is C17H21N3O3. The molecule has 1 aliphatic rings. The van der Waals surface area contributed by atoms with Crippen LogP contribution in [0.2, 0.25) is 0 Å². The molecular weight excluding hydrogens is 294 g/mol. The molecule has 3 rings (SSSR count). The zero-order chi connectivity index (χ0) is 16.4. The number of ether oxygens (including phenoxy) is 1. The molecule has 2 heterocycles. The fourth-order valence-corrected chi connectivity index (χ4v) is 2.95. The SMILES string of the molecule is CCCCc1ncc([C@H]2CC(=O)Nc3cc(O)c(OC)cc32)[nH]1. The van der Waals surface area contributed by atoms with Gasteiger partial charge in [-0.05, 0) is 18.1 Å². The fraction of sp³-hybridized carbons (Fsp3) is 0.412. The van der Waals surface area contributed by atoms with Crippen molar-refractivity contribution in [3.05, 3.63) is 35.4 Å². The predicted molar refractivity (Wildman–Crippen MR) is 86.9 cm³/mol. The van der Waals surface area contributed by atoms with Gasteiger partial charge in [-0.3, -0.25) is 4.79 Å². The Kier molecular flexibility index (Phi) is 4.23. The van der Waals surface area contributed by atoms with Gasteiger partial charge in [0.25, 0.3) is 0 Å². The molecule has 23 heavy (non-hydrogen) atoms. The second-order valence-corrected chi connectivity index (χ2v) is 5.80. The smallest absolute Gasteiger partial charge is 0.225 e. The van der Waals surface area contributed by atoms with E-state index in [1.807, 2.05) is 0 Å². The molecule has 0 bridgehead atoms. The second kappa shape index (κ2) is 6.32. The van der Waals surface area contributed by atoms with E-state index in [4.69, 9.17) is 4.74 Å². The van der Waals surface area contributed by atoms with Gasteiger partial charge in [-0.1, -0.05) is 13.3 Å². The largest absolute Gasteiger partial charge is 0.504 e. The van der Waals surface area contributed by atoms with Crippen LogP contribution in [0.25, 0.3) is 0 Å². The predicted octanol–water partition coefficient (Wildman–Crippen LogP) is 2.94. The third-order valence-corrected chi connectivity index (χ3v) is 4.18. The van der Waals surface area contributed by atoms with Crippen LogP contribution in [0.1, 0.15) is 49.2 Å². The first kappa shape index (κ1) is 15.4. The standard InChI is InChI=1S/C17H21N3O3/c1-3-4-5-16-18-9-13(19-16)11-7-17(22)20-12-8-14(21)15(23-2)6-10(11)12/h6,8-9,11,21H,3-5,7H2,1-2H3,(H,18,19)(H,20,22)/t11-/m0/s1. The minimum absolute atomic E-state index is 0.0143. The average Bonchev–Trinajstić information content (AvgIpc) is 3.00. The van der Waals surface area contributed by atoms with E-state index in [-0.39, 0.29) is 17.6 Å². The van der Waals surface area contributed by atoms with Crippen molar-refractivity contribution in [3.63, 3.8) is 0 Å². The van der Waals surface area contributed by atoms with Crippen LogP contribution in [0.4, 0.5) is 5.69 Å². The number of aromatic amines is 1. The Balaban J connectivity index is 1.97. The van der Waals surface area contributed by atoms with E-state index in [0.717, 1.165) is 36.3 Å². The van der Waals surface area contributed by atoms with Gasteiger partial charge in [0, 0.05) is 42.4 Å². The number of fused-ring (bicyclic) bond motifs is 1. The average molecular weight is 315 g/mol. The number of unbranched alkanes of at least 4 members (excludes halogenated alkanes) is 1. The quantitative estimate of drug-likeness (QED) is 0.791. The number of aryl methyl sites for hydroxylation is 1. The van der Waals surface area contributed by atoms with E-state index >= 15 is 0 Å². The van der Waals surface area contributed by atoms with Crippen LogP contribution in [0, 0.1) is 0 Å². The summed E-state index contributed by atoms with van der Waals surface area (Å²) in [5.41, 5.74) is 2.46. The van der Waals surface area contributed by atoms with Crippen molar-refractivity contribution in [2.75, 3.05) is 12.4 Å². The molecule has 0 fully saturated rings. The molecule has 0 radical (unpaired) electrons. The third kappa shape index (κ3) is 3.02. The topological polar surface area (TPSA) is 87.2 Å². The number of aromatic nitrogens is 2. The molecule has 0 unspecified atom stereocenters. The molecule has 1 amide bonds. The second-order valence-electron chi connectivity index (χ2n) is 5.80. The third-order valence-electron chi connectivity index (χ3n) is 4.18. The van der Waals surface area contributed by atoms with Gasteiger partial charge in [-0.15, -0.1) is 0 Å². The normalized spacial score (nSPS) is 16.8. The fourth-order valence-electron chi connectivity index (χ4n) is 2.95. The summed E-state index contributed by atoms with van der Waals surface area (Å²) < 4.78 is 5.19. The number of rotatable bonds is 5. The first-order valence-electron chi connectivity index (χ1n) is 7.87. The van der Waals surface area contributed by atoms with Crippen LogP contribution < -0.4 is 10.1 Å². The molecule has 3 N–H and O–H groups in total. The van der Waals surface area contributed by atoms with Crippen molar-refractivity contribution in [3.8, 4) is 11.5 Å². The Morgan fingerprint density at radius 3 is 3.00 bits per heavy atom. The summed E-state index contributed by atoms with van der Waals surface area (Å²) in [6.45, 7) is 2.14. The van der Waals surface area contributed by atoms with E-state index in [9.17, 15) is 9.90 Å². The van der Waals surface area contributed by atoms with E-state index in [2.05, 4.69) is 22.2 Å². The van der Waals surface area contributed by atoms with Crippen molar-refractivity contribution >= 4 is 11.6 Å². The van der Waals surface area contributed by atoms with Crippen LogP contribution >= 0.6 is 0 Å². The Hall–Kier alpha value is -2.50. The number of nitrogens with one attached hydrogen (secondary N) is 2. The molecule has 1 aromatic carbocycles. The summed E-state index contributed by atoms with van der Waals surface area (Å²) >= 11 is 0. The summed E-state index contributed by atoms with van der Waals surface area (Å²) in [7, 11) is 1.51. The summed E-state index contributed by atoms with van der Waals surface area (Å²) in [5, 5.41) is 12.7.